The molecule has 1 aromatic carbocycles. The number of unbranched alkanes of at least 4 members (excludes halogenated alkanes) is 2. The molecule has 0 fully saturated rings. The van der Waals surface area contributed by atoms with Crippen molar-refractivity contribution in [3.8, 4) is 5.75 Å². The van der Waals surface area contributed by atoms with Gasteiger partial charge in [-0.2, -0.15) is 0 Å². The molecule has 0 spiro atoms. The van der Waals surface area contributed by atoms with E-state index in [0.29, 0.717) is 0 Å². The molecule has 0 unspecified atom stereocenters. The summed E-state index contributed by atoms with van der Waals surface area (Å²) in [4.78, 5) is 0. The fourth-order valence-corrected chi connectivity index (χ4v) is 1.96. The van der Waals surface area contributed by atoms with Crippen molar-refractivity contribution in [3.63, 3.8) is 0 Å². The van der Waals surface area contributed by atoms with Gasteiger partial charge in [0.05, 0.1) is 6.61 Å². The number of para-hydroxylation sites is 1. The predicted molar refractivity (Wildman–Crippen MR) is 74.9 cm³/mol. The molecule has 1 nitrogen and oxygen atoms in total. The fraction of sp³-hybridized carbons (Fsp3) is 0.625. The molecule has 0 aliphatic carbocycles. The van der Waals surface area contributed by atoms with E-state index in [2.05, 4.69) is 52.8 Å². The molecule has 1 aromatic rings. The summed E-state index contributed by atoms with van der Waals surface area (Å²) in [5.74, 6) is 1.09. The molecule has 1 rings (SSSR count). The topological polar surface area (TPSA) is 9.23 Å². The van der Waals surface area contributed by atoms with Gasteiger partial charge in [0.15, 0.2) is 0 Å². The number of rotatable bonds is 5. The summed E-state index contributed by atoms with van der Waals surface area (Å²) in [6.45, 7) is 11.9. The second kappa shape index (κ2) is 6.09. The first kappa shape index (κ1) is 14.1. The van der Waals surface area contributed by atoms with Crippen LogP contribution < -0.4 is 4.74 Å². The van der Waals surface area contributed by atoms with Crippen LogP contribution in [-0.2, 0) is 5.41 Å². The average Bonchev–Trinajstić information content (AvgIpc) is 2.24. The fourth-order valence-electron chi connectivity index (χ4n) is 1.96. The van der Waals surface area contributed by atoms with E-state index in [1.54, 1.807) is 0 Å². The smallest absolute Gasteiger partial charge is 0.125 e. The van der Waals surface area contributed by atoms with Crippen molar-refractivity contribution in [1.29, 1.82) is 0 Å². The molecule has 0 aliphatic heterocycles. The Morgan fingerprint density at radius 3 is 2.41 bits per heavy atom. The lowest BCUT2D eigenvalue weighted by atomic mass is 9.85. The lowest BCUT2D eigenvalue weighted by molar-refractivity contribution is 0.296. The highest BCUT2D eigenvalue weighted by atomic mass is 16.5. The third-order valence-corrected chi connectivity index (χ3v) is 3.01. The van der Waals surface area contributed by atoms with E-state index in [1.807, 2.05) is 0 Å². The minimum absolute atomic E-state index is 0.145. The summed E-state index contributed by atoms with van der Waals surface area (Å²) >= 11 is 0. The van der Waals surface area contributed by atoms with E-state index in [4.69, 9.17) is 4.74 Å². The Balaban J connectivity index is 2.81. The minimum Gasteiger partial charge on any atom is -0.493 e. The molecule has 0 saturated carbocycles. The maximum atomic E-state index is 6.00. The highest BCUT2D eigenvalue weighted by molar-refractivity contribution is 5.44. The Morgan fingerprint density at radius 1 is 1.12 bits per heavy atom. The van der Waals surface area contributed by atoms with Crippen molar-refractivity contribution in [1.82, 2.24) is 0 Å². The van der Waals surface area contributed by atoms with Crippen LogP contribution in [0.4, 0.5) is 0 Å². The first-order valence-electron chi connectivity index (χ1n) is 6.69. The molecule has 0 aliphatic rings. The molecule has 1 heteroatoms. The predicted octanol–water partition coefficient (Wildman–Crippen LogP) is 4.86. The molecule has 0 N–H and O–H groups in total. The van der Waals surface area contributed by atoms with E-state index >= 15 is 0 Å². The molecular formula is C16H26O. The lowest BCUT2D eigenvalue weighted by Crippen LogP contribution is -2.14. The van der Waals surface area contributed by atoms with E-state index in [0.717, 1.165) is 18.8 Å². The van der Waals surface area contributed by atoms with Crippen LogP contribution in [0, 0.1) is 6.92 Å². The summed E-state index contributed by atoms with van der Waals surface area (Å²) in [5, 5.41) is 0. The Morgan fingerprint density at radius 2 is 1.82 bits per heavy atom. The molecule has 17 heavy (non-hydrogen) atoms. The maximum Gasteiger partial charge on any atom is 0.125 e. The van der Waals surface area contributed by atoms with Gasteiger partial charge in [0.25, 0.3) is 0 Å². The van der Waals surface area contributed by atoms with E-state index in [9.17, 15) is 0 Å². The van der Waals surface area contributed by atoms with Gasteiger partial charge in [0.2, 0.25) is 0 Å². The minimum atomic E-state index is 0.145. The highest BCUT2D eigenvalue weighted by Gasteiger charge is 2.19. The van der Waals surface area contributed by atoms with Crippen molar-refractivity contribution < 1.29 is 4.74 Å². The monoisotopic (exact) mass is 234 g/mol. The zero-order valence-electron chi connectivity index (χ0n) is 12.0. The number of ether oxygens (including phenoxy) is 1. The standard InChI is InChI=1S/C16H26O/c1-6-7-8-12-17-15-13(2)10-9-11-14(15)16(3,4)5/h9-11H,6-8,12H2,1-5H3. The SMILES string of the molecule is CCCCCOc1c(C)cccc1C(C)(C)C. The second-order valence-electron chi connectivity index (χ2n) is 5.76. The van der Waals surface area contributed by atoms with Crippen LogP contribution in [0.1, 0.15) is 58.1 Å². The van der Waals surface area contributed by atoms with Crippen molar-refractivity contribution in [2.45, 2.75) is 59.3 Å². The molecule has 96 valence electrons. The van der Waals surface area contributed by atoms with Crippen molar-refractivity contribution in [3.05, 3.63) is 29.3 Å². The Labute approximate surface area is 106 Å². The highest BCUT2D eigenvalue weighted by Crippen LogP contribution is 2.33. The summed E-state index contributed by atoms with van der Waals surface area (Å²) in [5.41, 5.74) is 2.70. The van der Waals surface area contributed by atoms with Crippen LogP contribution >= 0.6 is 0 Å². The number of hydrogen-bond donors (Lipinski definition) is 0. The van der Waals surface area contributed by atoms with E-state index in [1.165, 1.54) is 24.0 Å². The summed E-state index contributed by atoms with van der Waals surface area (Å²) in [7, 11) is 0. The Kier molecular flexibility index (Phi) is 5.04. The molecule has 0 amide bonds. The third kappa shape index (κ3) is 4.07. The van der Waals surface area contributed by atoms with Crippen molar-refractivity contribution in [2.75, 3.05) is 6.61 Å². The van der Waals surface area contributed by atoms with Gasteiger partial charge in [0, 0.05) is 0 Å². The first-order chi connectivity index (χ1) is 7.96. The van der Waals surface area contributed by atoms with Gasteiger partial charge in [-0.1, -0.05) is 58.7 Å². The number of hydrogen-bond acceptors (Lipinski definition) is 1. The zero-order valence-corrected chi connectivity index (χ0v) is 12.0. The quantitative estimate of drug-likeness (QED) is 0.661. The van der Waals surface area contributed by atoms with E-state index in [-0.39, 0.29) is 5.41 Å². The van der Waals surface area contributed by atoms with Gasteiger partial charge in [-0.3, -0.25) is 0 Å². The molecule has 0 aromatic heterocycles. The second-order valence-corrected chi connectivity index (χ2v) is 5.76. The third-order valence-electron chi connectivity index (χ3n) is 3.01. The normalized spacial score (nSPS) is 11.6. The van der Waals surface area contributed by atoms with Crippen LogP contribution in [0.2, 0.25) is 0 Å². The maximum absolute atomic E-state index is 6.00. The summed E-state index contributed by atoms with van der Waals surface area (Å²) in [6.07, 6.45) is 3.63. The van der Waals surface area contributed by atoms with Crippen molar-refractivity contribution >= 4 is 0 Å². The van der Waals surface area contributed by atoms with E-state index < -0.39 is 0 Å². The summed E-state index contributed by atoms with van der Waals surface area (Å²) < 4.78 is 6.00. The first-order valence-corrected chi connectivity index (χ1v) is 6.69. The Hall–Kier alpha value is -0.980. The van der Waals surface area contributed by atoms with Crippen LogP contribution in [0.3, 0.4) is 0 Å². The lowest BCUT2D eigenvalue weighted by Gasteiger charge is -2.24. The van der Waals surface area contributed by atoms with Crippen LogP contribution in [0.5, 0.6) is 5.75 Å². The van der Waals surface area contributed by atoms with Gasteiger partial charge in [-0.15, -0.1) is 0 Å². The van der Waals surface area contributed by atoms with Gasteiger partial charge < -0.3 is 4.74 Å². The van der Waals surface area contributed by atoms with Crippen LogP contribution in [0.15, 0.2) is 18.2 Å². The molecule has 0 radical (unpaired) electrons. The van der Waals surface area contributed by atoms with Gasteiger partial charge in [0.1, 0.15) is 5.75 Å². The molecular weight excluding hydrogens is 208 g/mol. The summed E-state index contributed by atoms with van der Waals surface area (Å²) in [6, 6.07) is 6.43. The largest absolute Gasteiger partial charge is 0.493 e. The van der Waals surface area contributed by atoms with Crippen molar-refractivity contribution in [2.24, 2.45) is 0 Å². The van der Waals surface area contributed by atoms with Gasteiger partial charge in [-0.25, -0.2) is 0 Å². The average molecular weight is 234 g/mol. The zero-order chi connectivity index (χ0) is 12.9. The molecule has 0 atom stereocenters. The van der Waals surface area contributed by atoms with Crippen LogP contribution in [-0.4, -0.2) is 6.61 Å². The molecule has 0 saturated heterocycles. The van der Waals surface area contributed by atoms with Crippen LogP contribution in [0.25, 0.3) is 0 Å². The molecule has 0 heterocycles. The van der Waals surface area contributed by atoms with Gasteiger partial charge in [-0.05, 0) is 29.9 Å². The number of benzene rings is 1. The Bertz CT molecular complexity index is 347. The number of aryl methyl sites for hydroxylation is 1. The van der Waals surface area contributed by atoms with Gasteiger partial charge >= 0.3 is 0 Å². The molecule has 0 bridgehead atoms.